The van der Waals surface area contributed by atoms with Crippen molar-refractivity contribution in [1.82, 2.24) is 5.16 Å². The standard InChI is InChI=1S/C16H18N4O4/c1-8-6-14(20-24-8)19-15(21)9(2)17-11-4-5-13-12(7-11)18-16(22)10(3)23-13/h4-7,9-10,17H,1-3H3,(H,18,22)(H,19,20,21)/t9-,10-/m0/s1. The molecule has 126 valence electrons. The normalized spacial score (nSPS) is 17.3. The zero-order valence-corrected chi connectivity index (χ0v) is 13.5. The Labute approximate surface area is 138 Å². The molecular formula is C16H18N4O4. The number of fused-ring (bicyclic) bond motifs is 1. The van der Waals surface area contributed by atoms with E-state index in [1.165, 1.54) is 0 Å². The third-order valence-corrected chi connectivity index (χ3v) is 3.57. The van der Waals surface area contributed by atoms with Gasteiger partial charge in [-0.25, -0.2) is 0 Å². The van der Waals surface area contributed by atoms with E-state index >= 15 is 0 Å². The van der Waals surface area contributed by atoms with E-state index in [0.29, 0.717) is 28.7 Å². The van der Waals surface area contributed by atoms with Gasteiger partial charge in [0.25, 0.3) is 5.91 Å². The number of carbonyl (C=O) groups is 2. The minimum atomic E-state index is -0.521. The highest BCUT2D eigenvalue weighted by Gasteiger charge is 2.24. The first kappa shape index (κ1) is 15.9. The van der Waals surface area contributed by atoms with Gasteiger partial charge in [0, 0.05) is 11.8 Å². The van der Waals surface area contributed by atoms with Crippen molar-refractivity contribution in [2.45, 2.75) is 32.9 Å². The summed E-state index contributed by atoms with van der Waals surface area (Å²) in [7, 11) is 0. The summed E-state index contributed by atoms with van der Waals surface area (Å²) in [5, 5.41) is 12.2. The number of carbonyl (C=O) groups excluding carboxylic acids is 2. The van der Waals surface area contributed by atoms with E-state index in [0.717, 1.165) is 0 Å². The van der Waals surface area contributed by atoms with Crippen LogP contribution < -0.4 is 20.7 Å². The van der Waals surface area contributed by atoms with Crippen molar-refractivity contribution in [3.63, 3.8) is 0 Å². The Bertz CT molecular complexity index is 786. The van der Waals surface area contributed by atoms with Crippen LogP contribution in [0, 0.1) is 6.92 Å². The van der Waals surface area contributed by atoms with Crippen molar-refractivity contribution in [2.75, 3.05) is 16.0 Å². The molecule has 0 saturated heterocycles. The topological polar surface area (TPSA) is 105 Å². The van der Waals surface area contributed by atoms with Gasteiger partial charge >= 0.3 is 0 Å². The van der Waals surface area contributed by atoms with Gasteiger partial charge < -0.3 is 25.2 Å². The van der Waals surface area contributed by atoms with Crippen LogP contribution in [0.5, 0.6) is 5.75 Å². The number of aryl methyl sites for hydroxylation is 1. The minimum Gasteiger partial charge on any atom is -0.479 e. The lowest BCUT2D eigenvalue weighted by Crippen LogP contribution is -2.34. The second-order valence-electron chi connectivity index (χ2n) is 5.64. The molecule has 0 radical (unpaired) electrons. The maximum Gasteiger partial charge on any atom is 0.265 e. The molecule has 3 rings (SSSR count). The Balaban J connectivity index is 1.66. The van der Waals surface area contributed by atoms with E-state index in [1.54, 1.807) is 45.0 Å². The van der Waals surface area contributed by atoms with Gasteiger partial charge in [0.2, 0.25) is 5.91 Å². The van der Waals surface area contributed by atoms with Crippen molar-refractivity contribution in [1.29, 1.82) is 0 Å². The zero-order chi connectivity index (χ0) is 17.3. The molecule has 8 heteroatoms. The fourth-order valence-electron chi connectivity index (χ4n) is 2.27. The van der Waals surface area contributed by atoms with E-state index in [4.69, 9.17) is 9.26 Å². The Hall–Kier alpha value is -3.03. The van der Waals surface area contributed by atoms with Crippen LogP contribution in [-0.2, 0) is 9.59 Å². The van der Waals surface area contributed by atoms with Gasteiger partial charge in [0.15, 0.2) is 11.9 Å². The molecule has 2 heterocycles. The number of nitrogens with zero attached hydrogens (tertiary/aromatic N) is 1. The number of anilines is 3. The lowest BCUT2D eigenvalue weighted by atomic mass is 10.2. The third kappa shape index (κ3) is 3.32. The van der Waals surface area contributed by atoms with Crippen LogP contribution in [0.1, 0.15) is 19.6 Å². The van der Waals surface area contributed by atoms with Gasteiger partial charge in [-0.1, -0.05) is 5.16 Å². The van der Waals surface area contributed by atoms with Gasteiger partial charge in [-0.05, 0) is 39.0 Å². The van der Waals surface area contributed by atoms with Crippen LogP contribution in [0.15, 0.2) is 28.8 Å². The molecule has 8 nitrogen and oxygen atoms in total. The molecule has 0 aliphatic carbocycles. The number of ether oxygens (including phenoxy) is 1. The quantitative estimate of drug-likeness (QED) is 0.793. The minimum absolute atomic E-state index is 0.202. The van der Waals surface area contributed by atoms with E-state index in [-0.39, 0.29) is 11.8 Å². The van der Waals surface area contributed by atoms with E-state index in [2.05, 4.69) is 21.1 Å². The first-order valence-electron chi connectivity index (χ1n) is 7.54. The fourth-order valence-corrected chi connectivity index (χ4v) is 2.27. The second-order valence-corrected chi connectivity index (χ2v) is 5.64. The molecule has 0 fully saturated rings. The van der Waals surface area contributed by atoms with Crippen molar-refractivity contribution in [3.05, 3.63) is 30.0 Å². The molecule has 2 amide bonds. The molecule has 3 N–H and O–H groups in total. The van der Waals surface area contributed by atoms with Crippen LogP contribution in [-0.4, -0.2) is 29.1 Å². The molecular weight excluding hydrogens is 312 g/mol. The molecule has 0 bridgehead atoms. The van der Waals surface area contributed by atoms with Crippen LogP contribution in [0.2, 0.25) is 0 Å². The van der Waals surface area contributed by atoms with E-state index < -0.39 is 12.1 Å². The highest BCUT2D eigenvalue weighted by molar-refractivity contribution is 5.98. The summed E-state index contributed by atoms with van der Waals surface area (Å²) in [5.41, 5.74) is 1.26. The SMILES string of the molecule is Cc1cc(NC(=O)[C@H](C)Nc2ccc3c(c2)NC(=O)[C@H](C)O3)no1. The first-order chi connectivity index (χ1) is 11.4. The van der Waals surface area contributed by atoms with Crippen molar-refractivity contribution >= 4 is 29.0 Å². The summed E-state index contributed by atoms with van der Waals surface area (Å²) >= 11 is 0. The molecule has 0 unspecified atom stereocenters. The molecule has 1 aliphatic rings. The van der Waals surface area contributed by atoms with Gasteiger partial charge in [-0.2, -0.15) is 0 Å². The monoisotopic (exact) mass is 330 g/mol. The molecule has 0 spiro atoms. The summed E-state index contributed by atoms with van der Waals surface area (Å²) in [6.45, 7) is 5.15. The fraction of sp³-hybridized carbons (Fsp3) is 0.312. The highest BCUT2D eigenvalue weighted by Crippen LogP contribution is 2.32. The molecule has 24 heavy (non-hydrogen) atoms. The summed E-state index contributed by atoms with van der Waals surface area (Å²) in [6.07, 6.45) is -0.521. The zero-order valence-electron chi connectivity index (χ0n) is 13.5. The van der Waals surface area contributed by atoms with Crippen molar-refractivity contribution in [3.8, 4) is 5.75 Å². The predicted molar refractivity (Wildman–Crippen MR) is 88.1 cm³/mol. The smallest absolute Gasteiger partial charge is 0.265 e. The number of hydrogen-bond donors (Lipinski definition) is 3. The molecule has 2 aromatic rings. The second kappa shape index (κ2) is 6.23. The lowest BCUT2D eigenvalue weighted by Gasteiger charge is -2.24. The maximum absolute atomic E-state index is 12.2. The van der Waals surface area contributed by atoms with Gasteiger partial charge in [-0.3, -0.25) is 9.59 Å². The average Bonchev–Trinajstić information content (AvgIpc) is 2.93. The highest BCUT2D eigenvalue weighted by atomic mass is 16.5. The number of hydrogen-bond acceptors (Lipinski definition) is 6. The molecule has 1 aromatic heterocycles. The number of benzene rings is 1. The Morgan fingerprint density at radius 2 is 2.17 bits per heavy atom. The number of amides is 2. The summed E-state index contributed by atoms with van der Waals surface area (Å²) < 4.78 is 10.4. The van der Waals surface area contributed by atoms with Crippen LogP contribution in [0.3, 0.4) is 0 Å². The summed E-state index contributed by atoms with van der Waals surface area (Å²) in [6, 6.07) is 6.38. The van der Waals surface area contributed by atoms with Gasteiger partial charge in [0.1, 0.15) is 17.6 Å². The van der Waals surface area contributed by atoms with E-state index in [1.807, 2.05) is 0 Å². The third-order valence-electron chi connectivity index (χ3n) is 3.57. The van der Waals surface area contributed by atoms with Crippen molar-refractivity contribution < 1.29 is 18.8 Å². The maximum atomic E-state index is 12.2. The molecule has 1 aliphatic heterocycles. The predicted octanol–water partition coefficient (Wildman–Crippen LogP) is 2.14. The van der Waals surface area contributed by atoms with Crippen molar-refractivity contribution in [2.24, 2.45) is 0 Å². The van der Waals surface area contributed by atoms with Crippen LogP contribution in [0.25, 0.3) is 0 Å². The average molecular weight is 330 g/mol. The molecule has 1 aromatic carbocycles. The number of aromatic nitrogens is 1. The molecule has 2 atom stereocenters. The van der Waals surface area contributed by atoms with E-state index in [9.17, 15) is 9.59 Å². The Kier molecular flexibility index (Phi) is 4.11. The molecule has 0 saturated carbocycles. The number of rotatable bonds is 4. The Morgan fingerprint density at radius 1 is 1.38 bits per heavy atom. The van der Waals surface area contributed by atoms with Gasteiger partial charge in [0.05, 0.1) is 5.69 Å². The largest absolute Gasteiger partial charge is 0.479 e. The van der Waals surface area contributed by atoms with Crippen LogP contribution in [0.4, 0.5) is 17.2 Å². The summed E-state index contributed by atoms with van der Waals surface area (Å²) in [5.74, 6) is 1.13. The lowest BCUT2D eigenvalue weighted by molar-refractivity contribution is -0.122. The van der Waals surface area contributed by atoms with Crippen LogP contribution >= 0.6 is 0 Å². The van der Waals surface area contributed by atoms with Gasteiger partial charge in [-0.15, -0.1) is 0 Å². The first-order valence-corrected chi connectivity index (χ1v) is 7.54. The number of nitrogens with one attached hydrogen (secondary N) is 3. The Morgan fingerprint density at radius 3 is 2.88 bits per heavy atom. The summed E-state index contributed by atoms with van der Waals surface area (Å²) in [4.78, 5) is 23.8.